The number of carbonyl (C=O) groups excluding carboxylic acids is 1. The lowest BCUT2D eigenvalue weighted by molar-refractivity contribution is 0.0716. The summed E-state index contributed by atoms with van der Waals surface area (Å²) >= 11 is 5.92. The van der Waals surface area contributed by atoms with Gasteiger partial charge in [0.2, 0.25) is 0 Å². The summed E-state index contributed by atoms with van der Waals surface area (Å²) in [6, 6.07) is 4.97. The van der Waals surface area contributed by atoms with Crippen molar-refractivity contribution < 1.29 is 13.6 Å². The second-order valence-electron chi connectivity index (χ2n) is 5.17. The maximum atomic E-state index is 13.3. The topological polar surface area (TPSA) is 46.3 Å². The SMILES string of the molecule is Cc1ccc(CN(C(=O)c2cc(F)cnc2Cl)C2CC2)o1. The number of furan rings is 1. The molecule has 0 radical (unpaired) electrons. The van der Waals surface area contributed by atoms with Gasteiger partial charge in [-0.1, -0.05) is 11.6 Å². The van der Waals surface area contributed by atoms with E-state index in [1.807, 2.05) is 19.1 Å². The average Bonchev–Trinajstić information content (AvgIpc) is 3.21. The highest BCUT2D eigenvalue weighted by Crippen LogP contribution is 2.31. The van der Waals surface area contributed by atoms with Gasteiger partial charge >= 0.3 is 0 Å². The fourth-order valence-corrected chi connectivity index (χ4v) is 2.40. The molecule has 0 unspecified atom stereocenters. The van der Waals surface area contributed by atoms with E-state index in [0.717, 1.165) is 30.9 Å². The fourth-order valence-electron chi connectivity index (χ4n) is 2.22. The Labute approximate surface area is 126 Å². The number of hydrogen-bond donors (Lipinski definition) is 0. The number of pyridine rings is 1. The minimum atomic E-state index is -0.577. The summed E-state index contributed by atoms with van der Waals surface area (Å²) in [5, 5.41) is 0.0164. The number of carbonyl (C=O) groups is 1. The molecule has 0 aliphatic heterocycles. The van der Waals surface area contributed by atoms with Crippen LogP contribution < -0.4 is 0 Å². The molecule has 0 saturated heterocycles. The van der Waals surface area contributed by atoms with Gasteiger partial charge in [-0.3, -0.25) is 4.79 Å². The predicted molar refractivity (Wildman–Crippen MR) is 75.5 cm³/mol. The van der Waals surface area contributed by atoms with E-state index in [4.69, 9.17) is 16.0 Å². The molecule has 4 nitrogen and oxygen atoms in total. The van der Waals surface area contributed by atoms with Crippen molar-refractivity contribution in [3.05, 3.63) is 52.5 Å². The van der Waals surface area contributed by atoms with Crippen LogP contribution in [0.1, 0.15) is 34.7 Å². The monoisotopic (exact) mass is 308 g/mol. The van der Waals surface area contributed by atoms with Gasteiger partial charge in [0.1, 0.15) is 22.5 Å². The highest BCUT2D eigenvalue weighted by Gasteiger charge is 2.34. The van der Waals surface area contributed by atoms with Crippen LogP contribution in [0.4, 0.5) is 4.39 Å². The molecule has 110 valence electrons. The van der Waals surface area contributed by atoms with Crippen molar-refractivity contribution in [2.24, 2.45) is 0 Å². The normalized spacial score (nSPS) is 14.2. The molecular weight excluding hydrogens is 295 g/mol. The molecule has 1 amide bonds. The summed E-state index contributed by atoms with van der Waals surface area (Å²) in [5.74, 6) is 0.600. The molecule has 6 heteroatoms. The van der Waals surface area contributed by atoms with Crippen LogP contribution in [-0.4, -0.2) is 21.8 Å². The number of nitrogens with zero attached hydrogens (tertiary/aromatic N) is 2. The van der Waals surface area contributed by atoms with E-state index in [9.17, 15) is 9.18 Å². The summed E-state index contributed by atoms with van der Waals surface area (Å²) in [5.41, 5.74) is 0.0897. The lowest BCUT2D eigenvalue weighted by Gasteiger charge is -2.21. The fraction of sp³-hybridized carbons (Fsp3) is 0.333. The molecule has 1 aliphatic carbocycles. The Hall–Kier alpha value is -1.88. The van der Waals surface area contributed by atoms with Gasteiger partial charge in [-0.05, 0) is 38.0 Å². The second kappa shape index (κ2) is 5.48. The predicted octanol–water partition coefficient (Wildman–Crippen LogP) is 3.58. The van der Waals surface area contributed by atoms with Gasteiger partial charge in [0.25, 0.3) is 5.91 Å². The lowest BCUT2D eigenvalue weighted by atomic mass is 10.2. The van der Waals surface area contributed by atoms with Gasteiger partial charge < -0.3 is 9.32 Å². The zero-order valence-electron chi connectivity index (χ0n) is 11.5. The molecule has 0 N–H and O–H groups in total. The van der Waals surface area contributed by atoms with E-state index in [2.05, 4.69) is 4.98 Å². The quantitative estimate of drug-likeness (QED) is 0.811. The Morgan fingerprint density at radius 3 is 2.90 bits per heavy atom. The van der Waals surface area contributed by atoms with E-state index >= 15 is 0 Å². The van der Waals surface area contributed by atoms with Crippen LogP contribution in [0.3, 0.4) is 0 Å². The Kier molecular flexibility index (Phi) is 3.68. The van der Waals surface area contributed by atoms with E-state index in [0.29, 0.717) is 12.3 Å². The first-order valence-corrected chi connectivity index (χ1v) is 7.09. The van der Waals surface area contributed by atoms with Crippen molar-refractivity contribution in [3.8, 4) is 0 Å². The summed E-state index contributed by atoms with van der Waals surface area (Å²) in [7, 11) is 0. The van der Waals surface area contributed by atoms with Crippen LogP contribution >= 0.6 is 11.6 Å². The molecule has 3 rings (SSSR count). The maximum absolute atomic E-state index is 13.3. The Morgan fingerprint density at radius 2 is 2.29 bits per heavy atom. The van der Waals surface area contributed by atoms with Gasteiger partial charge in [-0.15, -0.1) is 0 Å². The van der Waals surface area contributed by atoms with E-state index in [1.165, 1.54) is 0 Å². The maximum Gasteiger partial charge on any atom is 0.257 e. The van der Waals surface area contributed by atoms with E-state index in [1.54, 1.807) is 4.90 Å². The number of hydrogen-bond acceptors (Lipinski definition) is 3. The van der Waals surface area contributed by atoms with Crippen LogP contribution in [0.2, 0.25) is 5.15 Å². The second-order valence-corrected chi connectivity index (χ2v) is 5.53. The number of rotatable bonds is 4. The molecule has 1 saturated carbocycles. The van der Waals surface area contributed by atoms with Crippen LogP contribution in [0, 0.1) is 12.7 Å². The highest BCUT2D eigenvalue weighted by molar-refractivity contribution is 6.32. The molecule has 1 aliphatic rings. The van der Waals surface area contributed by atoms with Crippen molar-refractivity contribution in [2.75, 3.05) is 0 Å². The van der Waals surface area contributed by atoms with Gasteiger partial charge in [0.05, 0.1) is 18.3 Å². The average molecular weight is 309 g/mol. The number of aromatic nitrogens is 1. The van der Waals surface area contributed by atoms with Crippen LogP contribution in [0.25, 0.3) is 0 Å². The van der Waals surface area contributed by atoms with Gasteiger partial charge in [-0.25, -0.2) is 9.37 Å². The van der Waals surface area contributed by atoms with Crippen LogP contribution in [-0.2, 0) is 6.54 Å². The minimum Gasteiger partial charge on any atom is -0.464 e. The molecule has 2 aromatic heterocycles. The number of halogens is 2. The number of amides is 1. The third-order valence-corrected chi connectivity index (χ3v) is 3.71. The molecule has 0 atom stereocenters. The first-order valence-electron chi connectivity index (χ1n) is 6.72. The lowest BCUT2D eigenvalue weighted by Crippen LogP contribution is -2.32. The first-order chi connectivity index (χ1) is 10.0. The standard InChI is InChI=1S/C15H14ClFN2O2/c1-9-2-5-12(21-9)8-19(11-3-4-11)15(20)13-6-10(17)7-18-14(13)16/h2,5-7,11H,3-4,8H2,1H3. The van der Waals surface area contributed by atoms with Gasteiger partial charge in [0.15, 0.2) is 0 Å². The third kappa shape index (κ3) is 3.08. The zero-order valence-corrected chi connectivity index (χ0v) is 12.2. The molecule has 2 aromatic rings. The molecule has 0 spiro atoms. The van der Waals surface area contributed by atoms with Crippen molar-refractivity contribution in [1.82, 2.24) is 9.88 Å². The largest absolute Gasteiger partial charge is 0.464 e. The van der Waals surface area contributed by atoms with Crippen LogP contribution in [0.5, 0.6) is 0 Å². The van der Waals surface area contributed by atoms with Crippen molar-refractivity contribution in [2.45, 2.75) is 32.4 Å². The summed E-state index contributed by atoms with van der Waals surface area (Å²) in [6.45, 7) is 2.20. The molecule has 1 fully saturated rings. The van der Waals surface area contributed by atoms with Gasteiger partial charge in [-0.2, -0.15) is 0 Å². The molecule has 21 heavy (non-hydrogen) atoms. The van der Waals surface area contributed by atoms with E-state index < -0.39 is 5.82 Å². The van der Waals surface area contributed by atoms with Crippen LogP contribution in [0.15, 0.2) is 28.8 Å². The Balaban J connectivity index is 1.86. The molecule has 2 heterocycles. The Bertz CT molecular complexity index is 682. The third-order valence-electron chi connectivity index (χ3n) is 3.41. The minimum absolute atomic E-state index is 0.0164. The zero-order chi connectivity index (χ0) is 15.0. The summed E-state index contributed by atoms with van der Waals surface area (Å²) < 4.78 is 18.8. The van der Waals surface area contributed by atoms with Gasteiger partial charge in [0, 0.05) is 6.04 Å². The van der Waals surface area contributed by atoms with Crippen molar-refractivity contribution >= 4 is 17.5 Å². The molecular formula is C15H14ClFN2O2. The van der Waals surface area contributed by atoms with Crippen molar-refractivity contribution in [1.29, 1.82) is 0 Å². The number of aryl methyl sites for hydroxylation is 1. The highest BCUT2D eigenvalue weighted by atomic mass is 35.5. The summed E-state index contributed by atoms with van der Waals surface area (Å²) in [4.78, 5) is 18.0. The first kappa shape index (κ1) is 14.1. The van der Waals surface area contributed by atoms with Crippen molar-refractivity contribution in [3.63, 3.8) is 0 Å². The molecule has 0 bridgehead atoms. The van der Waals surface area contributed by atoms with E-state index in [-0.39, 0.29) is 22.7 Å². The smallest absolute Gasteiger partial charge is 0.257 e. The Morgan fingerprint density at radius 1 is 1.52 bits per heavy atom. The molecule has 0 aromatic carbocycles. The summed E-state index contributed by atoms with van der Waals surface area (Å²) in [6.07, 6.45) is 2.87.